The first kappa shape index (κ1) is 10.9. The summed E-state index contributed by atoms with van der Waals surface area (Å²) in [6, 6.07) is 15.5. The Morgan fingerprint density at radius 2 is 1.38 bits per heavy atom. The van der Waals surface area contributed by atoms with Gasteiger partial charge in [-0.25, -0.2) is 0 Å². The molecule has 82 valence electrons. The van der Waals surface area contributed by atoms with E-state index in [4.69, 9.17) is 0 Å². The van der Waals surface area contributed by atoms with Gasteiger partial charge in [0.2, 0.25) is 0 Å². The van der Waals surface area contributed by atoms with E-state index in [0.717, 1.165) is 6.42 Å². The highest BCUT2D eigenvalue weighted by molar-refractivity contribution is 5.35. The summed E-state index contributed by atoms with van der Waals surface area (Å²) in [6.45, 7) is 6.46. The number of rotatable bonds is 2. The lowest BCUT2D eigenvalue weighted by Gasteiger charge is -2.07. The van der Waals surface area contributed by atoms with Crippen LogP contribution >= 0.6 is 0 Å². The van der Waals surface area contributed by atoms with Crippen molar-refractivity contribution in [1.29, 1.82) is 0 Å². The molecule has 0 unspecified atom stereocenters. The van der Waals surface area contributed by atoms with Crippen LogP contribution in [0.15, 0.2) is 42.5 Å². The quantitative estimate of drug-likeness (QED) is 0.696. The lowest BCUT2D eigenvalue weighted by Crippen LogP contribution is -1.92. The Morgan fingerprint density at radius 3 is 2.00 bits per heavy atom. The van der Waals surface area contributed by atoms with Gasteiger partial charge in [-0.2, -0.15) is 0 Å². The average molecular weight is 210 g/mol. The van der Waals surface area contributed by atoms with Crippen LogP contribution in [0.5, 0.6) is 0 Å². The molecule has 0 saturated heterocycles. The van der Waals surface area contributed by atoms with Gasteiger partial charge in [0.15, 0.2) is 0 Å². The van der Waals surface area contributed by atoms with Crippen molar-refractivity contribution in [3.8, 4) is 0 Å². The second kappa shape index (κ2) is 4.52. The predicted molar refractivity (Wildman–Crippen MR) is 69.9 cm³/mol. The molecule has 0 heteroatoms. The highest BCUT2D eigenvalue weighted by Gasteiger charge is 2.00. The molecule has 0 amide bonds. The summed E-state index contributed by atoms with van der Waals surface area (Å²) in [5.41, 5.74) is 6.86. The minimum atomic E-state index is 1.03. The van der Waals surface area contributed by atoms with Crippen molar-refractivity contribution in [2.45, 2.75) is 27.2 Å². The summed E-state index contributed by atoms with van der Waals surface area (Å²) in [5, 5.41) is 0. The van der Waals surface area contributed by atoms with Gasteiger partial charge in [0, 0.05) is 0 Å². The normalized spacial score (nSPS) is 10.4. The predicted octanol–water partition coefficient (Wildman–Crippen LogP) is 4.20. The Labute approximate surface area is 97.9 Å². The van der Waals surface area contributed by atoms with Crippen LogP contribution in [0.2, 0.25) is 0 Å². The van der Waals surface area contributed by atoms with E-state index in [1.165, 1.54) is 27.8 Å². The molecule has 0 aliphatic heterocycles. The lowest BCUT2D eigenvalue weighted by atomic mass is 9.98. The smallest absolute Gasteiger partial charge is 0.00231 e. The van der Waals surface area contributed by atoms with Crippen molar-refractivity contribution in [3.05, 3.63) is 70.3 Å². The van der Waals surface area contributed by atoms with Gasteiger partial charge in [-0.1, -0.05) is 53.6 Å². The molecular formula is C16H18. The highest BCUT2D eigenvalue weighted by Crippen LogP contribution is 2.15. The number of aryl methyl sites for hydroxylation is 3. The van der Waals surface area contributed by atoms with Crippen molar-refractivity contribution in [2.75, 3.05) is 0 Å². The zero-order valence-electron chi connectivity index (χ0n) is 10.2. The van der Waals surface area contributed by atoms with Crippen molar-refractivity contribution in [1.82, 2.24) is 0 Å². The average Bonchev–Trinajstić information content (AvgIpc) is 2.25. The molecule has 0 saturated carbocycles. The monoisotopic (exact) mass is 210 g/mol. The van der Waals surface area contributed by atoms with E-state index < -0.39 is 0 Å². The summed E-state index contributed by atoms with van der Waals surface area (Å²) in [7, 11) is 0. The van der Waals surface area contributed by atoms with E-state index in [1.54, 1.807) is 0 Å². The van der Waals surface area contributed by atoms with Crippen molar-refractivity contribution < 1.29 is 0 Å². The fourth-order valence-corrected chi connectivity index (χ4v) is 1.97. The molecule has 0 aromatic heterocycles. The molecule has 0 aliphatic carbocycles. The summed E-state index contributed by atoms with van der Waals surface area (Å²) in [6.07, 6.45) is 1.03. The molecule has 2 aromatic rings. The van der Waals surface area contributed by atoms with Gasteiger partial charge in [0.25, 0.3) is 0 Å². The van der Waals surface area contributed by atoms with Crippen LogP contribution < -0.4 is 0 Å². The SMILES string of the molecule is Cc1ccc(Cc2ccc(C)cc2C)cc1. The van der Waals surface area contributed by atoms with Crippen LogP contribution in [0, 0.1) is 20.8 Å². The summed E-state index contributed by atoms with van der Waals surface area (Å²) >= 11 is 0. The Morgan fingerprint density at radius 1 is 0.750 bits per heavy atom. The van der Waals surface area contributed by atoms with Gasteiger partial charge in [0.1, 0.15) is 0 Å². The van der Waals surface area contributed by atoms with Crippen molar-refractivity contribution in [3.63, 3.8) is 0 Å². The van der Waals surface area contributed by atoms with Gasteiger partial charge < -0.3 is 0 Å². The molecule has 0 heterocycles. The van der Waals surface area contributed by atoms with Crippen LogP contribution in [0.3, 0.4) is 0 Å². The van der Waals surface area contributed by atoms with Gasteiger partial charge in [0.05, 0.1) is 0 Å². The molecule has 2 aromatic carbocycles. The van der Waals surface area contributed by atoms with Crippen molar-refractivity contribution >= 4 is 0 Å². The van der Waals surface area contributed by atoms with Crippen LogP contribution in [-0.4, -0.2) is 0 Å². The third-order valence-electron chi connectivity index (χ3n) is 3.01. The Balaban J connectivity index is 2.23. The largest absolute Gasteiger partial charge is 0.0590 e. The lowest BCUT2D eigenvalue weighted by molar-refractivity contribution is 1.14. The van der Waals surface area contributed by atoms with Crippen LogP contribution in [0.1, 0.15) is 27.8 Å². The maximum absolute atomic E-state index is 2.25. The standard InChI is InChI=1S/C16H18/c1-12-4-7-15(8-5-12)11-16-9-6-13(2)10-14(16)3/h4-10H,11H2,1-3H3. The topological polar surface area (TPSA) is 0 Å². The molecule has 0 aliphatic rings. The molecule has 0 spiro atoms. The molecule has 0 atom stereocenters. The van der Waals surface area contributed by atoms with Gasteiger partial charge in [-0.3, -0.25) is 0 Å². The highest BCUT2D eigenvalue weighted by atomic mass is 14.0. The van der Waals surface area contributed by atoms with Gasteiger partial charge in [-0.15, -0.1) is 0 Å². The summed E-state index contributed by atoms with van der Waals surface area (Å²) in [5.74, 6) is 0. The van der Waals surface area contributed by atoms with Crippen molar-refractivity contribution in [2.24, 2.45) is 0 Å². The van der Waals surface area contributed by atoms with E-state index >= 15 is 0 Å². The first-order valence-electron chi connectivity index (χ1n) is 5.77. The van der Waals surface area contributed by atoms with Crippen LogP contribution in [0.4, 0.5) is 0 Å². The first-order chi connectivity index (χ1) is 7.65. The second-order valence-corrected chi connectivity index (χ2v) is 4.59. The van der Waals surface area contributed by atoms with Gasteiger partial charge in [-0.05, 0) is 43.9 Å². The minimum absolute atomic E-state index is 1.03. The second-order valence-electron chi connectivity index (χ2n) is 4.59. The minimum Gasteiger partial charge on any atom is -0.0590 e. The Hall–Kier alpha value is -1.56. The molecule has 16 heavy (non-hydrogen) atoms. The number of hydrogen-bond acceptors (Lipinski definition) is 0. The van der Waals surface area contributed by atoms with E-state index in [1.807, 2.05) is 0 Å². The third kappa shape index (κ3) is 2.52. The Kier molecular flexibility index (Phi) is 3.09. The zero-order valence-corrected chi connectivity index (χ0v) is 10.2. The fraction of sp³-hybridized carbons (Fsp3) is 0.250. The third-order valence-corrected chi connectivity index (χ3v) is 3.01. The molecule has 0 N–H and O–H groups in total. The van der Waals surface area contributed by atoms with Crippen LogP contribution in [-0.2, 0) is 6.42 Å². The van der Waals surface area contributed by atoms with Gasteiger partial charge >= 0.3 is 0 Å². The van der Waals surface area contributed by atoms with E-state index in [9.17, 15) is 0 Å². The zero-order chi connectivity index (χ0) is 11.5. The first-order valence-corrected chi connectivity index (χ1v) is 5.77. The number of benzene rings is 2. The van der Waals surface area contributed by atoms with E-state index in [2.05, 4.69) is 63.2 Å². The maximum Gasteiger partial charge on any atom is -0.00231 e. The molecule has 0 nitrogen and oxygen atoms in total. The Bertz CT molecular complexity index is 478. The van der Waals surface area contributed by atoms with E-state index in [0.29, 0.717) is 0 Å². The molecule has 0 radical (unpaired) electrons. The molecule has 0 bridgehead atoms. The van der Waals surface area contributed by atoms with Crippen LogP contribution in [0.25, 0.3) is 0 Å². The molecule has 0 fully saturated rings. The maximum atomic E-state index is 2.25. The fourth-order valence-electron chi connectivity index (χ4n) is 1.97. The molecule has 2 rings (SSSR count). The summed E-state index contributed by atoms with van der Waals surface area (Å²) < 4.78 is 0. The molecular weight excluding hydrogens is 192 g/mol. The van der Waals surface area contributed by atoms with E-state index in [-0.39, 0.29) is 0 Å². The number of hydrogen-bond donors (Lipinski definition) is 0. The summed E-state index contributed by atoms with van der Waals surface area (Å²) in [4.78, 5) is 0.